The molecule has 27 heavy (non-hydrogen) atoms. The molecule has 0 spiro atoms. The van der Waals surface area contributed by atoms with Gasteiger partial charge in [0.25, 0.3) is 5.91 Å². The average molecular weight is 389 g/mol. The number of ether oxygens (including phenoxy) is 3. The van der Waals surface area contributed by atoms with Crippen molar-refractivity contribution >= 4 is 22.9 Å². The van der Waals surface area contributed by atoms with Gasteiger partial charge in [0, 0.05) is 17.8 Å². The number of thiazole rings is 1. The molecule has 9 heteroatoms. The van der Waals surface area contributed by atoms with Gasteiger partial charge >= 0.3 is 0 Å². The molecule has 0 bridgehead atoms. The minimum atomic E-state index is -0.292. The Hall–Kier alpha value is -3.07. The number of nitrogens with one attached hydrogen (secondary N) is 1. The zero-order chi connectivity index (χ0) is 19.6. The van der Waals surface area contributed by atoms with E-state index in [2.05, 4.69) is 15.5 Å². The van der Waals surface area contributed by atoms with Gasteiger partial charge in [0.15, 0.2) is 11.5 Å². The van der Waals surface area contributed by atoms with Gasteiger partial charge in [-0.3, -0.25) is 4.79 Å². The third-order valence-corrected chi connectivity index (χ3v) is 4.91. The van der Waals surface area contributed by atoms with Crippen molar-refractivity contribution in [3.05, 3.63) is 34.7 Å². The fraction of sp³-hybridized carbons (Fsp3) is 0.278. The van der Waals surface area contributed by atoms with Crippen LogP contribution in [-0.2, 0) is 0 Å². The molecule has 2 heterocycles. The Morgan fingerprint density at radius 3 is 2.30 bits per heavy atom. The first kappa shape index (κ1) is 18.7. The van der Waals surface area contributed by atoms with Crippen molar-refractivity contribution in [3.8, 4) is 27.8 Å². The Morgan fingerprint density at radius 2 is 1.78 bits per heavy atom. The molecule has 8 nitrogen and oxygen atoms in total. The molecule has 0 aliphatic rings. The number of carbonyl (C=O) groups is 1. The number of nitrogens with zero attached hydrogens (tertiary/aromatic N) is 2. The van der Waals surface area contributed by atoms with Gasteiger partial charge in [-0.2, -0.15) is 0 Å². The van der Waals surface area contributed by atoms with Crippen LogP contribution in [0.15, 0.2) is 22.9 Å². The summed E-state index contributed by atoms with van der Waals surface area (Å²) in [6.07, 6.45) is 1.53. The van der Waals surface area contributed by atoms with E-state index in [0.29, 0.717) is 38.6 Å². The molecular weight excluding hydrogens is 370 g/mol. The standard InChI is InChI=1S/C18H19N3O5S/c1-9-15(10(2)26-21-9)18-19-8-14(27-18)17(22)20-11-6-12(23-3)16(25-5)13(7-11)24-4/h6-8H,1-5H3,(H,20,22). The van der Waals surface area contributed by atoms with Gasteiger partial charge in [-0.15, -0.1) is 11.3 Å². The largest absolute Gasteiger partial charge is 0.493 e. The number of hydrogen-bond acceptors (Lipinski definition) is 8. The van der Waals surface area contributed by atoms with Crippen molar-refractivity contribution in [1.82, 2.24) is 10.1 Å². The second-order valence-electron chi connectivity index (χ2n) is 5.60. The molecule has 1 aromatic carbocycles. The lowest BCUT2D eigenvalue weighted by Gasteiger charge is -2.14. The Bertz CT molecular complexity index is 935. The molecule has 0 radical (unpaired) electrons. The zero-order valence-electron chi connectivity index (χ0n) is 15.6. The quantitative estimate of drug-likeness (QED) is 0.687. The minimum absolute atomic E-state index is 0.292. The first-order valence-electron chi connectivity index (χ1n) is 7.98. The second kappa shape index (κ2) is 7.67. The van der Waals surface area contributed by atoms with E-state index in [1.54, 1.807) is 12.1 Å². The predicted molar refractivity (Wildman–Crippen MR) is 101 cm³/mol. The molecule has 3 aromatic rings. The predicted octanol–water partition coefficient (Wildman–Crippen LogP) is 3.69. The van der Waals surface area contributed by atoms with Gasteiger partial charge in [0.1, 0.15) is 15.6 Å². The first-order chi connectivity index (χ1) is 13.0. The Morgan fingerprint density at radius 1 is 1.11 bits per heavy atom. The van der Waals surface area contributed by atoms with Gasteiger partial charge in [-0.25, -0.2) is 4.98 Å². The highest BCUT2D eigenvalue weighted by Crippen LogP contribution is 2.40. The molecule has 0 atom stereocenters. The number of anilines is 1. The van der Waals surface area contributed by atoms with Gasteiger partial charge in [0.05, 0.1) is 38.8 Å². The van der Waals surface area contributed by atoms with Crippen molar-refractivity contribution in [3.63, 3.8) is 0 Å². The summed E-state index contributed by atoms with van der Waals surface area (Å²) in [5, 5.41) is 7.43. The third kappa shape index (κ3) is 3.59. The van der Waals surface area contributed by atoms with Crippen molar-refractivity contribution < 1.29 is 23.5 Å². The molecule has 3 rings (SSSR count). The van der Waals surface area contributed by atoms with Crippen LogP contribution in [0, 0.1) is 13.8 Å². The van der Waals surface area contributed by atoms with Crippen LogP contribution in [0.1, 0.15) is 21.1 Å². The summed E-state index contributed by atoms with van der Waals surface area (Å²) >= 11 is 1.26. The Labute approximate surface area is 160 Å². The Balaban J connectivity index is 1.86. The maximum atomic E-state index is 12.6. The average Bonchev–Trinajstić information content (AvgIpc) is 3.27. The summed E-state index contributed by atoms with van der Waals surface area (Å²) in [6.45, 7) is 3.65. The molecular formula is C18H19N3O5S. The zero-order valence-corrected chi connectivity index (χ0v) is 16.4. The van der Waals surface area contributed by atoms with Gasteiger partial charge in [-0.05, 0) is 13.8 Å². The normalized spacial score (nSPS) is 10.6. The number of methoxy groups -OCH3 is 3. The summed E-state index contributed by atoms with van der Waals surface area (Å²) in [5.74, 6) is 1.73. The summed E-state index contributed by atoms with van der Waals surface area (Å²) < 4.78 is 21.1. The fourth-order valence-electron chi connectivity index (χ4n) is 2.63. The number of carbonyl (C=O) groups excluding carboxylic acids is 1. The van der Waals surface area contributed by atoms with E-state index in [0.717, 1.165) is 11.3 Å². The van der Waals surface area contributed by atoms with E-state index in [1.807, 2.05) is 13.8 Å². The van der Waals surface area contributed by atoms with Crippen molar-refractivity contribution in [1.29, 1.82) is 0 Å². The number of benzene rings is 1. The third-order valence-electron chi connectivity index (χ3n) is 3.90. The number of aryl methyl sites for hydroxylation is 2. The summed E-state index contributed by atoms with van der Waals surface area (Å²) in [5.41, 5.74) is 2.06. The van der Waals surface area contributed by atoms with Crippen LogP contribution in [0.4, 0.5) is 5.69 Å². The minimum Gasteiger partial charge on any atom is -0.493 e. The summed E-state index contributed by atoms with van der Waals surface area (Å²) in [4.78, 5) is 17.4. The molecule has 0 unspecified atom stereocenters. The lowest BCUT2D eigenvalue weighted by atomic mass is 10.2. The molecule has 1 N–H and O–H groups in total. The molecule has 0 aliphatic carbocycles. The maximum Gasteiger partial charge on any atom is 0.267 e. The summed E-state index contributed by atoms with van der Waals surface area (Å²) in [7, 11) is 4.55. The molecule has 0 fully saturated rings. The van der Waals surface area contributed by atoms with Crippen LogP contribution in [0.5, 0.6) is 17.2 Å². The van der Waals surface area contributed by atoms with Crippen LogP contribution < -0.4 is 19.5 Å². The molecule has 0 saturated heterocycles. The fourth-order valence-corrected chi connectivity index (χ4v) is 3.59. The number of aromatic nitrogens is 2. The van der Waals surface area contributed by atoms with Crippen LogP contribution >= 0.6 is 11.3 Å². The highest BCUT2D eigenvalue weighted by atomic mass is 32.1. The van der Waals surface area contributed by atoms with Crippen LogP contribution in [0.3, 0.4) is 0 Å². The highest BCUT2D eigenvalue weighted by Gasteiger charge is 2.19. The number of amides is 1. The van der Waals surface area contributed by atoms with E-state index in [-0.39, 0.29) is 5.91 Å². The van der Waals surface area contributed by atoms with E-state index in [9.17, 15) is 4.79 Å². The second-order valence-corrected chi connectivity index (χ2v) is 6.63. The highest BCUT2D eigenvalue weighted by molar-refractivity contribution is 7.17. The molecule has 0 saturated carbocycles. The SMILES string of the molecule is COc1cc(NC(=O)c2cnc(-c3c(C)noc3C)s2)cc(OC)c1OC. The van der Waals surface area contributed by atoms with E-state index in [1.165, 1.54) is 38.9 Å². The Kier molecular flexibility index (Phi) is 5.31. The molecule has 142 valence electrons. The lowest BCUT2D eigenvalue weighted by Crippen LogP contribution is -2.10. The lowest BCUT2D eigenvalue weighted by molar-refractivity contribution is 0.103. The number of hydrogen-bond donors (Lipinski definition) is 1. The van der Waals surface area contributed by atoms with E-state index >= 15 is 0 Å². The van der Waals surface area contributed by atoms with Gasteiger partial charge in [-0.1, -0.05) is 5.16 Å². The summed E-state index contributed by atoms with van der Waals surface area (Å²) in [6, 6.07) is 3.32. The molecule has 0 aliphatic heterocycles. The van der Waals surface area contributed by atoms with Crippen molar-refractivity contribution in [2.45, 2.75) is 13.8 Å². The molecule has 1 amide bonds. The van der Waals surface area contributed by atoms with Crippen LogP contribution in [-0.4, -0.2) is 37.4 Å². The van der Waals surface area contributed by atoms with E-state index < -0.39 is 0 Å². The smallest absolute Gasteiger partial charge is 0.267 e. The van der Waals surface area contributed by atoms with Crippen LogP contribution in [0.25, 0.3) is 10.6 Å². The monoisotopic (exact) mass is 389 g/mol. The van der Waals surface area contributed by atoms with E-state index in [4.69, 9.17) is 18.7 Å². The topological polar surface area (TPSA) is 95.7 Å². The number of rotatable bonds is 6. The van der Waals surface area contributed by atoms with Crippen LogP contribution in [0.2, 0.25) is 0 Å². The maximum absolute atomic E-state index is 12.6. The molecule has 2 aromatic heterocycles. The van der Waals surface area contributed by atoms with Crippen molar-refractivity contribution in [2.75, 3.05) is 26.6 Å². The first-order valence-corrected chi connectivity index (χ1v) is 8.80. The van der Waals surface area contributed by atoms with Gasteiger partial charge in [0.2, 0.25) is 5.75 Å². The van der Waals surface area contributed by atoms with Crippen molar-refractivity contribution in [2.24, 2.45) is 0 Å². The van der Waals surface area contributed by atoms with Gasteiger partial charge < -0.3 is 24.1 Å².